The Morgan fingerprint density at radius 1 is 0.607 bits per heavy atom. The third-order valence-electron chi connectivity index (χ3n) is 10.1. The molecule has 8 rings (SSSR count). The average molecular weight is 385 g/mol. The first-order valence-electron chi connectivity index (χ1n) is 11.8. The fourth-order valence-corrected chi connectivity index (χ4v) is 10.8. The molecule has 154 valence electrons. The zero-order valence-corrected chi connectivity index (χ0v) is 17.6. The van der Waals surface area contributed by atoms with Gasteiger partial charge < -0.3 is 10.6 Å². The van der Waals surface area contributed by atoms with Crippen LogP contribution in [0.15, 0.2) is 0 Å². The number of carbonyl (C=O) groups excluding carboxylic acids is 2. The van der Waals surface area contributed by atoms with E-state index in [9.17, 15) is 9.59 Å². The quantitative estimate of drug-likeness (QED) is 0.774. The molecule has 8 fully saturated rings. The third kappa shape index (κ3) is 2.35. The minimum Gasteiger partial charge on any atom is -0.351 e. The van der Waals surface area contributed by atoms with Crippen LogP contribution in [0.2, 0.25) is 0 Å². The summed E-state index contributed by atoms with van der Waals surface area (Å²) in [6, 6.07) is 0. The summed E-state index contributed by atoms with van der Waals surface area (Å²) in [6.07, 6.45) is 15.6. The highest BCUT2D eigenvalue weighted by Crippen LogP contribution is 2.75. The molecule has 0 spiro atoms. The van der Waals surface area contributed by atoms with Crippen LogP contribution in [0.5, 0.6) is 0 Å². The molecule has 8 bridgehead atoms. The lowest BCUT2D eigenvalue weighted by Crippen LogP contribution is -2.71. The maximum absolute atomic E-state index is 12.1. The maximum Gasteiger partial charge on any atom is 0.217 e. The first kappa shape index (κ1) is 17.8. The van der Waals surface area contributed by atoms with Crippen LogP contribution >= 0.6 is 0 Å². The molecule has 8 saturated carbocycles. The monoisotopic (exact) mass is 384 g/mol. The highest BCUT2D eigenvalue weighted by molar-refractivity contribution is 5.74. The molecule has 2 amide bonds. The van der Waals surface area contributed by atoms with Crippen molar-refractivity contribution in [2.24, 2.45) is 34.5 Å². The van der Waals surface area contributed by atoms with E-state index >= 15 is 0 Å². The van der Waals surface area contributed by atoms with Gasteiger partial charge in [-0.25, -0.2) is 0 Å². The van der Waals surface area contributed by atoms with Crippen molar-refractivity contribution < 1.29 is 9.59 Å². The van der Waals surface area contributed by atoms with Gasteiger partial charge in [-0.05, 0) is 112 Å². The number of rotatable bonds is 3. The van der Waals surface area contributed by atoms with Crippen molar-refractivity contribution in [3.05, 3.63) is 0 Å². The lowest BCUT2D eigenvalue weighted by atomic mass is 9.33. The molecule has 0 heterocycles. The van der Waals surface area contributed by atoms with Crippen LogP contribution in [0.3, 0.4) is 0 Å². The smallest absolute Gasteiger partial charge is 0.217 e. The SMILES string of the molecule is CC(=O)NC12CC3CC(C1)CC(C14CC5CC(CC(NC(C)=O)(C5)C1)C4)(C3)C2. The molecule has 4 atom stereocenters. The van der Waals surface area contributed by atoms with E-state index in [-0.39, 0.29) is 22.9 Å². The normalized spacial score (nSPS) is 55.4. The second kappa shape index (κ2) is 5.35. The molecule has 0 aliphatic heterocycles. The van der Waals surface area contributed by atoms with Gasteiger partial charge >= 0.3 is 0 Å². The van der Waals surface area contributed by atoms with Crippen LogP contribution in [0.4, 0.5) is 0 Å². The van der Waals surface area contributed by atoms with Crippen molar-refractivity contribution in [2.75, 3.05) is 0 Å². The first-order chi connectivity index (χ1) is 13.2. The van der Waals surface area contributed by atoms with Crippen molar-refractivity contribution in [3.8, 4) is 0 Å². The van der Waals surface area contributed by atoms with Crippen LogP contribution in [0.1, 0.15) is 90.9 Å². The van der Waals surface area contributed by atoms with E-state index < -0.39 is 0 Å². The van der Waals surface area contributed by atoms with E-state index in [1.54, 1.807) is 13.8 Å². The first-order valence-corrected chi connectivity index (χ1v) is 11.8. The Kier molecular flexibility index (Phi) is 3.39. The Morgan fingerprint density at radius 2 is 0.929 bits per heavy atom. The van der Waals surface area contributed by atoms with Crippen molar-refractivity contribution >= 4 is 11.8 Å². The number of carbonyl (C=O) groups is 2. The zero-order valence-electron chi connectivity index (χ0n) is 17.6. The van der Waals surface area contributed by atoms with Gasteiger partial charge in [-0.2, -0.15) is 0 Å². The zero-order chi connectivity index (χ0) is 19.4. The van der Waals surface area contributed by atoms with E-state index in [1.165, 1.54) is 77.0 Å². The second-order valence-corrected chi connectivity index (χ2v) is 12.4. The predicted octanol–water partition coefficient (Wildman–Crippen LogP) is 3.94. The maximum atomic E-state index is 12.1. The van der Waals surface area contributed by atoms with Gasteiger partial charge in [0.2, 0.25) is 11.8 Å². The second-order valence-electron chi connectivity index (χ2n) is 12.4. The Balaban J connectivity index is 1.40. The fraction of sp³-hybridized carbons (Fsp3) is 0.917. The molecule has 28 heavy (non-hydrogen) atoms. The number of hydrogen-bond donors (Lipinski definition) is 2. The summed E-state index contributed by atoms with van der Waals surface area (Å²) in [5.74, 6) is 3.54. The van der Waals surface area contributed by atoms with Gasteiger partial charge in [0.15, 0.2) is 0 Å². The molecule has 0 radical (unpaired) electrons. The highest BCUT2D eigenvalue weighted by atomic mass is 16.2. The summed E-state index contributed by atoms with van der Waals surface area (Å²) in [6.45, 7) is 3.42. The largest absolute Gasteiger partial charge is 0.351 e. The van der Waals surface area contributed by atoms with Gasteiger partial charge in [-0.3, -0.25) is 9.59 Å². The van der Waals surface area contributed by atoms with Crippen molar-refractivity contribution in [3.63, 3.8) is 0 Å². The summed E-state index contributed by atoms with van der Waals surface area (Å²) in [5, 5.41) is 6.95. The summed E-state index contributed by atoms with van der Waals surface area (Å²) < 4.78 is 0. The topological polar surface area (TPSA) is 58.2 Å². The molecular weight excluding hydrogens is 348 g/mol. The van der Waals surface area contributed by atoms with Crippen molar-refractivity contribution in [2.45, 2.75) is 102 Å². The predicted molar refractivity (Wildman–Crippen MR) is 107 cm³/mol. The minimum absolute atomic E-state index is 0.0699. The highest BCUT2D eigenvalue weighted by Gasteiger charge is 2.70. The molecule has 8 aliphatic carbocycles. The van der Waals surface area contributed by atoms with Gasteiger partial charge in [-0.1, -0.05) is 0 Å². The molecule has 4 nitrogen and oxygen atoms in total. The van der Waals surface area contributed by atoms with Crippen molar-refractivity contribution in [1.29, 1.82) is 0 Å². The summed E-state index contributed by atoms with van der Waals surface area (Å²) in [4.78, 5) is 24.2. The molecule has 0 aromatic rings. The van der Waals surface area contributed by atoms with Crippen LogP contribution in [-0.4, -0.2) is 22.9 Å². The van der Waals surface area contributed by atoms with Gasteiger partial charge in [0.1, 0.15) is 0 Å². The summed E-state index contributed by atoms with van der Waals surface area (Å²) in [5.41, 5.74) is 0.947. The molecule has 4 heteroatoms. The lowest BCUT2D eigenvalue weighted by molar-refractivity contribution is -0.216. The number of hydrogen-bond acceptors (Lipinski definition) is 2. The third-order valence-corrected chi connectivity index (χ3v) is 10.1. The lowest BCUT2D eigenvalue weighted by Gasteiger charge is -2.73. The Bertz CT molecular complexity index is 653. The minimum atomic E-state index is 0.0699. The molecule has 0 saturated heterocycles. The molecule has 4 unspecified atom stereocenters. The summed E-state index contributed by atoms with van der Waals surface area (Å²) >= 11 is 0. The van der Waals surface area contributed by atoms with Gasteiger partial charge in [0, 0.05) is 24.9 Å². The molecular formula is C24H36N2O2. The Hall–Kier alpha value is -1.06. The van der Waals surface area contributed by atoms with Gasteiger partial charge in [0.25, 0.3) is 0 Å². The molecule has 0 aromatic carbocycles. The van der Waals surface area contributed by atoms with Crippen LogP contribution in [-0.2, 0) is 9.59 Å². The van der Waals surface area contributed by atoms with E-state index in [1.807, 2.05) is 0 Å². The standard InChI is InChI=1S/C24H36N2O2/c1-15(27)25-23-9-17-3-18(10-23)6-21(5-17,13-23)22-7-19-4-20(8-22)12-24(11-19,14-22)26-16(2)28/h17-20H,3-14H2,1-2H3,(H,25,27)(H,26,28). The van der Waals surface area contributed by atoms with E-state index in [4.69, 9.17) is 0 Å². The van der Waals surface area contributed by atoms with E-state index in [0.29, 0.717) is 10.8 Å². The summed E-state index contributed by atoms with van der Waals surface area (Å²) in [7, 11) is 0. The van der Waals surface area contributed by atoms with Crippen LogP contribution < -0.4 is 10.6 Å². The molecule has 0 aromatic heterocycles. The van der Waals surface area contributed by atoms with E-state index in [2.05, 4.69) is 10.6 Å². The molecule has 2 N–H and O–H groups in total. The fourth-order valence-electron chi connectivity index (χ4n) is 10.8. The number of nitrogens with one attached hydrogen (secondary N) is 2. The van der Waals surface area contributed by atoms with Gasteiger partial charge in [0.05, 0.1) is 0 Å². The van der Waals surface area contributed by atoms with E-state index in [0.717, 1.165) is 23.7 Å². The van der Waals surface area contributed by atoms with Crippen molar-refractivity contribution in [1.82, 2.24) is 10.6 Å². The van der Waals surface area contributed by atoms with Crippen LogP contribution in [0, 0.1) is 34.5 Å². The van der Waals surface area contributed by atoms with Crippen LogP contribution in [0.25, 0.3) is 0 Å². The number of amides is 2. The molecule has 8 aliphatic rings. The Labute approximate surface area is 169 Å². The Morgan fingerprint density at radius 3 is 1.21 bits per heavy atom. The van der Waals surface area contributed by atoms with Gasteiger partial charge in [-0.15, -0.1) is 0 Å². The average Bonchev–Trinajstić information content (AvgIpc) is 2.49.